The predicted molar refractivity (Wildman–Crippen MR) is 101 cm³/mol. The summed E-state index contributed by atoms with van der Waals surface area (Å²) in [6.07, 6.45) is 1.47. The smallest absolute Gasteiger partial charge is 0.243 e. The molecule has 0 heterocycles. The number of anilines is 1. The summed E-state index contributed by atoms with van der Waals surface area (Å²) in [5.41, 5.74) is 0.986. The second kappa shape index (κ2) is 7.58. The number of carbonyl (C=O) groups excluding carboxylic acids is 1. The van der Waals surface area contributed by atoms with Gasteiger partial charge in [-0.2, -0.15) is 9.57 Å². The molecule has 0 aromatic heterocycles. The molecule has 1 fully saturated rings. The van der Waals surface area contributed by atoms with Crippen molar-refractivity contribution in [3.05, 3.63) is 58.6 Å². The van der Waals surface area contributed by atoms with Gasteiger partial charge in [-0.3, -0.25) is 4.79 Å². The van der Waals surface area contributed by atoms with Crippen LogP contribution in [0.5, 0.6) is 0 Å². The van der Waals surface area contributed by atoms with E-state index in [1.54, 1.807) is 24.3 Å². The van der Waals surface area contributed by atoms with Crippen molar-refractivity contribution in [2.24, 2.45) is 0 Å². The van der Waals surface area contributed by atoms with E-state index >= 15 is 0 Å². The van der Waals surface area contributed by atoms with Crippen LogP contribution in [0.1, 0.15) is 18.4 Å². The van der Waals surface area contributed by atoms with Crippen LogP contribution in [0.4, 0.5) is 5.69 Å². The van der Waals surface area contributed by atoms with Crippen LogP contribution in [-0.2, 0) is 14.8 Å². The highest BCUT2D eigenvalue weighted by atomic mass is 79.9. The molecule has 1 N–H and O–H groups in total. The van der Waals surface area contributed by atoms with Gasteiger partial charge in [0.2, 0.25) is 15.9 Å². The fourth-order valence-corrected chi connectivity index (χ4v) is 4.39. The van der Waals surface area contributed by atoms with Crippen molar-refractivity contribution in [3.63, 3.8) is 0 Å². The van der Waals surface area contributed by atoms with Crippen LogP contribution in [0.25, 0.3) is 0 Å². The second-order valence-corrected chi connectivity index (χ2v) is 8.78. The Balaban J connectivity index is 1.76. The number of amides is 1. The lowest BCUT2D eigenvalue weighted by Gasteiger charge is -2.21. The molecule has 0 spiro atoms. The highest BCUT2D eigenvalue weighted by molar-refractivity contribution is 9.10. The minimum atomic E-state index is -3.80. The minimum Gasteiger partial charge on any atom is -0.325 e. The lowest BCUT2D eigenvalue weighted by molar-refractivity contribution is -0.116. The molecule has 2 aromatic rings. The van der Waals surface area contributed by atoms with Crippen molar-refractivity contribution in [1.82, 2.24) is 4.31 Å². The molecule has 2 aromatic carbocycles. The average molecular weight is 434 g/mol. The molecule has 0 atom stereocenters. The van der Waals surface area contributed by atoms with E-state index in [0.717, 1.165) is 17.3 Å². The number of carbonyl (C=O) groups is 1. The van der Waals surface area contributed by atoms with Crippen molar-refractivity contribution in [1.29, 1.82) is 5.26 Å². The lowest BCUT2D eigenvalue weighted by atomic mass is 10.2. The monoisotopic (exact) mass is 433 g/mol. The zero-order valence-electron chi connectivity index (χ0n) is 13.7. The lowest BCUT2D eigenvalue weighted by Crippen LogP contribution is -2.39. The first-order chi connectivity index (χ1) is 12.4. The Labute approximate surface area is 160 Å². The van der Waals surface area contributed by atoms with Crippen LogP contribution in [-0.4, -0.2) is 31.2 Å². The highest BCUT2D eigenvalue weighted by Gasteiger charge is 2.39. The van der Waals surface area contributed by atoms with Crippen molar-refractivity contribution < 1.29 is 13.2 Å². The van der Waals surface area contributed by atoms with Gasteiger partial charge in [-0.25, -0.2) is 8.42 Å². The first-order valence-corrected chi connectivity index (χ1v) is 10.2. The number of rotatable bonds is 6. The number of benzene rings is 2. The first kappa shape index (κ1) is 18.6. The molecule has 1 saturated carbocycles. The molecule has 0 aliphatic heterocycles. The van der Waals surface area contributed by atoms with Gasteiger partial charge in [0.15, 0.2) is 0 Å². The summed E-state index contributed by atoms with van der Waals surface area (Å²) in [5.74, 6) is -0.392. The van der Waals surface area contributed by atoms with Gasteiger partial charge in [0, 0.05) is 16.2 Å². The maximum absolute atomic E-state index is 12.9. The van der Waals surface area contributed by atoms with Crippen LogP contribution in [0, 0.1) is 11.3 Å². The van der Waals surface area contributed by atoms with Crippen molar-refractivity contribution in [2.75, 3.05) is 11.9 Å². The Kier molecular flexibility index (Phi) is 5.41. The van der Waals surface area contributed by atoms with Gasteiger partial charge in [-0.05, 0) is 61.4 Å². The number of nitriles is 1. The standard InChI is InChI=1S/C18H16BrN3O3S/c19-14-3-5-15(6-4-14)21-18(23)12-22(16-7-8-16)26(24,25)17-9-1-13(11-20)2-10-17/h1-6,9-10,16H,7-8,12H2,(H,21,23). The van der Waals surface area contributed by atoms with E-state index in [0.29, 0.717) is 11.3 Å². The van der Waals surface area contributed by atoms with Crippen LogP contribution >= 0.6 is 15.9 Å². The molecule has 3 rings (SSSR count). The third kappa shape index (κ3) is 4.30. The molecule has 0 radical (unpaired) electrons. The molecule has 1 aliphatic rings. The summed E-state index contributed by atoms with van der Waals surface area (Å²) in [6.45, 7) is -0.247. The van der Waals surface area contributed by atoms with Gasteiger partial charge in [-0.1, -0.05) is 15.9 Å². The Morgan fingerprint density at radius 1 is 1.15 bits per heavy atom. The normalized spacial score (nSPS) is 14.0. The third-order valence-corrected chi connectivity index (χ3v) is 6.41. The van der Waals surface area contributed by atoms with E-state index in [4.69, 9.17) is 5.26 Å². The number of hydrogen-bond acceptors (Lipinski definition) is 4. The molecular formula is C18H16BrN3O3S. The van der Waals surface area contributed by atoms with Crippen molar-refractivity contribution >= 4 is 37.5 Å². The SMILES string of the molecule is N#Cc1ccc(S(=O)(=O)N(CC(=O)Nc2ccc(Br)cc2)C2CC2)cc1. The van der Waals surface area contributed by atoms with Gasteiger partial charge < -0.3 is 5.32 Å². The Hall–Kier alpha value is -2.21. The Morgan fingerprint density at radius 3 is 2.31 bits per heavy atom. The summed E-state index contributed by atoms with van der Waals surface area (Å²) >= 11 is 3.32. The van der Waals surface area contributed by atoms with Crippen LogP contribution in [0.3, 0.4) is 0 Å². The maximum atomic E-state index is 12.9. The zero-order chi connectivity index (χ0) is 18.7. The largest absolute Gasteiger partial charge is 0.325 e. The first-order valence-electron chi connectivity index (χ1n) is 7.97. The van der Waals surface area contributed by atoms with Crippen molar-refractivity contribution in [2.45, 2.75) is 23.8 Å². The fourth-order valence-electron chi connectivity index (χ4n) is 2.48. The van der Waals surface area contributed by atoms with E-state index in [9.17, 15) is 13.2 Å². The van der Waals surface area contributed by atoms with Crippen LogP contribution in [0.2, 0.25) is 0 Å². The van der Waals surface area contributed by atoms with E-state index < -0.39 is 15.9 Å². The van der Waals surface area contributed by atoms with Gasteiger partial charge in [0.05, 0.1) is 23.1 Å². The van der Waals surface area contributed by atoms with Gasteiger partial charge >= 0.3 is 0 Å². The van der Waals surface area contributed by atoms with Crippen molar-refractivity contribution in [3.8, 4) is 6.07 Å². The minimum absolute atomic E-state index is 0.0832. The van der Waals surface area contributed by atoms with Gasteiger partial charge in [-0.15, -0.1) is 0 Å². The molecular weight excluding hydrogens is 418 g/mol. The van der Waals surface area contributed by atoms with E-state index in [1.807, 2.05) is 6.07 Å². The number of nitrogens with one attached hydrogen (secondary N) is 1. The van der Waals surface area contributed by atoms with Crippen LogP contribution < -0.4 is 5.32 Å². The number of nitrogens with zero attached hydrogens (tertiary/aromatic N) is 2. The quantitative estimate of drug-likeness (QED) is 0.757. The van der Waals surface area contributed by atoms with Gasteiger partial charge in [0.25, 0.3) is 0 Å². The van der Waals surface area contributed by atoms with E-state index in [-0.39, 0.29) is 17.5 Å². The summed E-state index contributed by atoms with van der Waals surface area (Å²) in [5, 5.41) is 11.6. The number of hydrogen-bond donors (Lipinski definition) is 1. The molecule has 8 heteroatoms. The molecule has 6 nitrogen and oxygen atoms in total. The Morgan fingerprint density at radius 2 is 1.77 bits per heavy atom. The molecule has 0 bridgehead atoms. The van der Waals surface area contributed by atoms with E-state index in [1.165, 1.54) is 28.6 Å². The zero-order valence-corrected chi connectivity index (χ0v) is 16.1. The molecule has 26 heavy (non-hydrogen) atoms. The fraction of sp³-hybridized carbons (Fsp3) is 0.222. The summed E-state index contributed by atoms with van der Waals surface area (Å²) in [4.78, 5) is 12.4. The summed E-state index contributed by atoms with van der Waals surface area (Å²) in [6, 6.07) is 14.6. The summed E-state index contributed by atoms with van der Waals surface area (Å²) in [7, 11) is -3.80. The molecule has 0 saturated heterocycles. The summed E-state index contributed by atoms with van der Waals surface area (Å²) < 4.78 is 27.9. The Bertz CT molecular complexity index is 947. The molecule has 1 aliphatic carbocycles. The highest BCUT2D eigenvalue weighted by Crippen LogP contribution is 2.32. The molecule has 0 unspecified atom stereocenters. The number of sulfonamides is 1. The predicted octanol–water partition coefficient (Wildman–Crippen LogP) is 3.11. The third-order valence-electron chi connectivity index (χ3n) is 3.97. The maximum Gasteiger partial charge on any atom is 0.243 e. The average Bonchev–Trinajstić information content (AvgIpc) is 3.46. The molecule has 134 valence electrons. The van der Waals surface area contributed by atoms with E-state index in [2.05, 4.69) is 21.2 Å². The van der Waals surface area contributed by atoms with Crippen LogP contribution in [0.15, 0.2) is 57.9 Å². The van der Waals surface area contributed by atoms with Gasteiger partial charge in [0.1, 0.15) is 0 Å². The number of halogens is 1. The topological polar surface area (TPSA) is 90.3 Å². The molecule has 1 amide bonds. The second-order valence-electron chi connectivity index (χ2n) is 5.97.